The Balaban J connectivity index is 2.16. The molecule has 5 heteroatoms. The standard InChI is InChI=1S/C13H22N4O/c1-14-13(16-9-5-11-18-2)17-10-7-12-6-3-4-8-15-12/h3-4,6,8H,5,7,9-11H2,1-2H3,(H2,14,16,17). The summed E-state index contributed by atoms with van der Waals surface area (Å²) in [6.07, 6.45) is 3.67. The van der Waals surface area contributed by atoms with Gasteiger partial charge in [0.25, 0.3) is 0 Å². The molecule has 0 amide bonds. The van der Waals surface area contributed by atoms with E-state index in [0.717, 1.165) is 44.2 Å². The molecule has 1 rings (SSSR count). The Kier molecular flexibility index (Phi) is 7.55. The van der Waals surface area contributed by atoms with E-state index >= 15 is 0 Å². The van der Waals surface area contributed by atoms with Crippen LogP contribution in [-0.4, -0.2) is 44.8 Å². The quantitative estimate of drug-likeness (QED) is 0.427. The maximum absolute atomic E-state index is 4.99. The second-order valence-electron chi connectivity index (χ2n) is 3.84. The Bertz CT molecular complexity index is 340. The third-order valence-corrected chi connectivity index (χ3v) is 2.44. The summed E-state index contributed by atoms with van der Waals surface area (Å²) < 4.78 is 4.99. The van der Waals surface area contributed by atoms with Crippen molar-refractivity contribution in [3.05, 3.63) is 30.1 Å². The van der Waals surface area contributed by atoms with Gasteiger partial charge in [-0.3, -0.25) is 9.98 Å². The van der Waals surface area contributed by atoms with Gasteiger partial charge in [0, 0.05) is 52.2 Å². The first-order valence-electron chi connectivity index (χ1n) is 6.20. The third kappa shape index (κ3) is 6.20. The highest BCUT2D eigenvalue weighted by Crippen LogP contribution is 1.92. The van der Waals surface area contributed by atoms with Gasteiger partial charge in [-0.2, -0.15) is 0 Å². The molecule has 0 unspecified atom stereocenters. The van der Waals surface area contributed by atoms with Crippen LogP contribution in [0.2, 0.25) is 0 Å². The van der Waals surface area contributed by atoms with Crippen LogP contribution in [-0.2, 0) is 11.2 Å². The highest BCUT2D eigenvalue weighted by molar-refractivity contribution is 5.79. The van der Waals surface area contributed by atoms with E-state index in [-0.39, 0.29) is 0 Å². The lowest BCUT2D eigenvalue weighted by molar-refractivity contribution is 0.195. The van der Waals surface area contributed by atoms with E-state index in [0.29, 0.717) is 0 Å². The van der Waals surface area contributed by atoms with Crippen LogP contribution in [0.5, 0.6) is 0 Å². The largest absolute Gasteiger partial charge is 0.385 e. The Morgan fingerprint density at radius 2 is 2.17 bits per heavy atom. The second kappa shape index (κ2) is 9.41. The van der Waals surface area contributed by atoms with Gasteiger partial charge in [0.2, 0.25) is 0 Å². The molecule has 0 bridgehead atoms. The minimum atomic E-state index is 0.762. The van der Waals surface area contributed by atoms with Crippen molar-refractivity contribution in [3.8, 4) is 0 Å². The van der Waals surface area contributed by atoms with E-state index in [1.807, 2.05) is 24.4 Å². The number of rotatable bonds is 7. The molecule has 18 heavy (non-hydrogen) atoms. The molecule has 0 aliphatic carbocycles. The summed E-state index contributed by atoms with van der Waals surface area (Å²) in [6, 6.07) is 5.95. The summed E-state index contributed by atoms with van der Waals surface area (Å²) in [5.74, 6) is 0.821. The van der Waals surface area contributed by atoms with Crippen molar-refractivity contribution in [1.82, 2.24) is 15.6 Å². The van der Waals surface area contributed by atoms with Gasteiger partial charge in [-0.25, -0.2) is 0 Å². The van der Waals surface area contributed by atoms with Crippen molar-refractivity contribution in [3.63, 3.8) is 0 Å². The maximum Gasteiger partial charge on any atom is 0.190 e. The van der Waals surface area contributed by atoms with E-state index < -0.39 is 0 Å². The van der Waals surface area contributed by atoms with Crippen LogP contribution in [0.15, 0.2) is 29.4 Å². The molecule has 1 aromatic heterocycles. The number of nitrogens with zero attached hydrogens (tertiary/aromatic N) is 2. The van der Waals surface area contributed by atoms with Crippen LogP contribution in [0, 0.1) is 0 Å². The zero-order valence-corrected chi connectivity index (χ0v) is 11.1. The van der Waals surface area contributed by atoms with Crippen LogP contribution >= 0.6 is 0 Å². The maximum atomic E-state index is 4.99. The Morgan fingerprint density at radius 3 is 2.83 bits per heavy atom. The van der Waals surface area contributed by atoms with Gasteiger partial charge in [-0.05, 0) is 18.6 Å². The highest BCUT2D eigenvalue weighted by Gasteiger charge is 1.97. The molecule has 0 spiro atoms. The predicted molar refractivity (Wildman–Crippen MR) is 73.8 cm³/mol. The lowest BCUT2D eigenvalue weighted by atomic mass is 10.3. The number of methoxy groups -OCH3 is 1. The average Bonchev–Trinajstić information content (AvgIpc) is 2.42. The average molecular weight is 250 g/mol. The number of aromatic nitrogens is 1. The van der Waals surface area contributed by atoms with Crippen LogP contribution in [0.3, 0.4) is 0 Å². The molecule has 2 N–H and O–H groups in total. The summed E-state index contributed by atoms with van der Waals surface area (Å²) in [4.78, 5) is 8.42. The molecule has 0 aliphatic rings. The lowest BCUT2D eigenvalue weighted by Gasteiger charge is -2.11. The summed E-state index contributed by atoms with van der Waals surface area (Å²) in [5.41, 5.74) is 1.08. The molecule has 100 valence electrons. The number of pyridine rings is 1. The van der Waals surface area contributed by atoms with Crippen LogP contribution in [0.1, 0.15) is 12.1 Å². The van der Waals surface area contributed by atoms with E-state index in [9.17, 15) is 0 Å². The van der Waals surface area contributed by atoms with Crippen molar-refractivity contribution < 1.29 is 4.74 Å². The number of hydrogen-bond donors (Lipinski definition) is 2. The third-order valence-electron chi connectivity index (χ3n) is 2.44. The Morgan fingerprint density at radius 1 is 1.33 bits per heavy atom. The second-order valence-corrected chi connectivity index (χ2v) is 3.84. The minimum absolute atomic E-state index is 0.762. The first-order chi connectivity index (χ1) is 8.86. The van der Waals surface area contributed by atoms with Crippen LogP contribution in [0.25, 0.3) is 0 Å². The molecule has 0 radical (unpaired) electrons. The van der Waals surface area contributed by atoms with Gasteiger partial charge in [0.15, 0.2) is 5.96 Å². The van der Waals surface area contributed by atoms with Gasteiger partial charge < -0.3 is 15.4 Å². The summed E-state index contributed by atoms with van der Waals surface area (Å²) in [7, 11) is 3.48. The van der Waals surface area contributed by atoms with Gasteiger partial charge in [-0.15, -0.1) is 0 Å². The molecular formula is C13H22N4O. The molecule has 0 fully saturated rings. The number of nitrogens with one attached hydrogen (secondary N) is 2. The normalized spacial score (nSPS) is 11.3. The van der Waals surface area contributed by atoms with Crippen LogP contribution < -0.4 is 10.6 Å². The van der Waals surface area contributed by atoms with E-state index in [4.69, 9.17) is 4.74 Å². The first kappa shape index (κ1) is 14.4. The fourth-order valence-corrected chi connectivity index (χ4v) is 1.50. The number of ether oxygens (including phenoxy) is 1. The first-order valence-corrected chi connectivity index (χ1v) is 6.20. The SMILES string of the molecule is CN=C(NCCCOC)NCCc1ccccn1. The highest BCUT2D eigenvalue weighted by atomic mass is 16.5. The van der Waals surface area contributed by atoms with Gasteiger partial charge in [0.1, 0.15) is 0 Å². The zero-order chi connectivity index (χ0) is 13.1. The fourth-order valence-electron chi connectivity index (χ4n) is 1.50. The van der Waals surface area contributed by atoms with Crippen molar-refractivity contribution in [2.45, 2.75) is 12.8 Å². The smallest absolute Gasteiger partial charge is 0.190 e. The molecule has 0 saturated heterocycles. The summed E-state index contributed by atoms with van der Waals surface area (Å²) in [5, 5.41) is 6.48. The van der Waals surface area contributed by atoms with E-state index in [1.165, 1.54) is 0 Å². The van der Waals surface area contributed by atoms with Gasteiger partial charge in [0.05, 0.1) is 0 Å². The number of hydrogen-bond acceptors (Lipinski definition) is 3. The monoisotopic (exact) mass is 250 g/mol. The molecular weight excluding hydrogens is 228 g/mol. The molecule has 1 heterocycles. The lowest BCUT2D eigenvalue weighted by Crippen LogP contribution is -2.39. The van der Waals surface area contributed by atoms with Gasteiger partial charge in [-0.1, -0.05) is 6.07 Å². The molecule has 0 saturated carbocycles. The molecule has 0 aromatic carbocycles. The zero-order valence-electron chi connectivity index (χ0n) is 11.1. The Hall–Kier alpha value is -1.62. The van der Waals surface area contributed by atoms with E-state index in [2.05, 4.69) is 20.6 Å². The topological polar surface area (TPSA) is 58.5 Å². The van der Waals surface area contributed by atoms with Crippen molar-refractivity contribution in [2.75, 3.05) is 33.9 Å². The Labute approximate surface area is 109 Å². The van der Waals surface area contributed by atoms with Crippen molar-refractivity contribution >= 4 is 5.96 Å². The van der Waals surface area contributed by atoms with Crippen molar-refractivity contribution in [2.24, 2.45) is 4.99 Å². The molecule has 5 nitrogen and oxygen atoms in total. The molecule has 0 aliphatic heterocycles. The fraction of sp³-hybridized carbons (Fsp3) is 0.538. The van der Waals surface area contributed by atoms with E-state index in [1.54, 1.807) is 14.2 Å². The number of aliphatic imine (C=N–C) groups is 1. The van der Waals surface area contributed by atoms with Gasteiger partial charge >= 0.3 is 0 Å². The molecule has 1 aromatic rings. The predicted octanol–water partition coefficient (Wildman–Crippen LogP) is 0.826. The summed E-state index contributed by atoms with van der Waals surface area (Å²) in [6.45, 7) is 2.44. The van der Waals surface area contributed by atoms with Crippen molar-refractivity contribution in [1.29, 1.82) is 0 Å². The number of guanidine groups is 1. The summed E-state index contributed by atoms with van der Waals surface area (Å²) >= 11 is 0. The molecule has 0 atom stereocenters. The minimum Gasteiger partial charge on any atom is -0.385 e. The van der Waals surface area contributed by atoms with Crippen LogP contribution in [0.4, 0.5) is 0 Å².